The number of hydrogen-bond donors (Lipinski definition) is 1. The lowest BCUT2D eigenvalue weighted by atomic mass is 10.3. The first-order valence-corrected chi connectivity index (χ1v) is 3.63. The second-order valence-corrected chi connectivity index (χ2v) is 2.17. The highest BCUT2D eigenvalue weighted by molar-refractivity contribution is 5.75. The van der Waals surface area contributed by atoms with Crippen molar-refractivity contribution in [1.29, 1.82) is 0 Å². The van der Waals surface area contributed by atoms with Crippen LogP contribution in [0, 0.1) is 0 Å². The minimum absolute atomic E-state index is 0.0479. The van der Waals surface area contributed by atoms with Crippen LogP contribution in [0.1, 0.15) is 19.3 Å². The van der Waals surface area contributed by atoms with Crippen LogP contribution in [-0.4, -0.2) is 30.3 Å². The van der Waals surface area contributed by atoms with Crippen molar-refractivity contribution < 1.29 is 24.5 Å². The number of carboxylic acids is 1. The predicted molar refractivity (Wildman–Crippen MR) is 36.9 cm³/mol. The Balaban J connectivity index is 3.28. The van der Waals surface area contributed by atoms with Crippen LogP contribution in [0.2, 0.25) is 0 Å². The highest BCUT2D eigenvalue weighted by Gasteiger charge is 2.01. The van der Waals surface area contributed by atoms with Crippen LogP contribution in [0.25, 0.3) is 0 Å². The zero-order valence-corrected chi connectivity index (χ0v) is 6.62. The fourth-order valence-corrected chi connectivity index (χ4v) is 0.527. The van der Waals surface area contributed by atoms with Gasteiger partial charge in [-0.15, -0.1) is 0 Å². The fraction of sp³-hybridized carbons (Fsp3) is 0.714. The number of carbonyl (C=O) groups is 2. The molecule has 70 valence electrons. The maximum atomic E-state index is 10.6. The second-order valence-electron chi connectivity index (χ2n) is 2.17. The number of esters is 1. The van der Waals surface area contributed by atoms with E-state index in [4.69, 9.17) is 5.11 Å². The van der Waals surface area contributed by atoms with Gasteiger partial charge >= 0.3 is 5.97 Å². The van der Waals surface area contributed by atoms with Crippen molar-refractivity contribution in [1.82, 2.24) is 0 Å². The molecule has 0 aliphatic heterocycles. The number of hydrogen-bond acceptors (Lipinski definition) is 5. The average molecular weight is 175 g/mol. The molecule has 5 nitrogen and oxygen atoms in total. The zero-order valence-electron chi connectivity index (χ0n) is 6.62. The fourth-order valence-electron chi connectivity index (χ4n) is 0.527. The summed E-state index contributed by atoms with van der Waals surface area (Å²) in [7, 11) is 0. The van der Waals surface area contributed by atoms with E-state index in [1.807, 2.05) is 0 Å². The Bertz CT molecular complexity index is 154. The number of rotatable bonds is 6. The van der Waals surface area contributed by atoms with Crippen LogP contribution in [0.4, 0.5) is 0 Å². The third-order valence-corrected chi connectivity index (χ3v) is 1.10. The molecule has 0 amide bonds. The Morgan fingerprint density at radius 2 is 2.00 bits per heavy atom. The van der Waals surface area contributed by atoms with Gasteiger partial charge in [-0.1, -0.05) is 0 Å². The van der Waals surface area contributed by atoms with E-state index in [1.54, 1.807) is 0 Å². The molecule has 0 saturated heterocycles. The number of aliphatic hydroxyl groups excluding tert-OH is 1. The molecule has 0 saturated carbocycles. The molecule has 0 aromatic heterocycles. The molecule has 0 heterocycles. The molecule has 12 heavy (non-hydrogen) atoms. The molecule has 0 radical (unpaired) electrons. The predicted octanol–water partition coefficient (Wildman–Crippen LogP) is -1.56. The Kier molecular flexibility index (Phi) is 6.00. The van der Waals surface area contributed by atoms with Gasteiger partial charge in [-0.3, -0.25) is 4.79 Å². The first kappa shape index (κ1) is 10.9. The van der Waals surface area contributed by atoms with Crippen LogP contribution in [0.5, 0.6) is 0 Å². The van der Waals surface area contributed by atoms with Crippen molar-refractivity contribution >= 4 is 11.9 Å². The molecule has 0 aliphatic rings. The highest BCUT2D eigenvalue weighted by atomic mass is 16.5. The summed E-state index contributed by atoms with van der Waals surface area (Å²) >= 11 is 0. The van der Waals surface area contributed by atoms with Crippen molar-refractivity contribution in [3.05, 3.63) is 0 Å². The lowest BCUT2D eigenvalue weighted by Crippen LogP contribution is -2.23. The van der Waals surface area contributed by atoms with Gasteiger partial charge in [0, 0.05) is 19.0 Å². The van der Waals surface area contributed by atoms with Gasteiger partial charge in [0.25, 0.3) is 0 Å². The summed E-state index contributed by atoms with van der Waals surface area (Å²) in [5, 5.41) is 18.2. The van der Waals surface area contributed by atoms with E-state index < -0.39 is 11.9 Å². The van der Waals surface area contributed by atoms with E-state index in [-0.39, 0.29) is 26.1 Å². The topological polar surface area (TPSA) is 86.7 Å². The SMILES string of the molecule is O=C([O-])CCC(=O)OCCCO. The summed E-state index contributed by atoms with van der Waals surface area (Å²) in [5.41, 5.74) is 0. The molecule has 0 bridgehead atoms. The number of aliphatic hydroxyl groups is 1. The smallest absolute Gasteiger partial charge is 0.306 e. The summed E-state index contributed by atoms with van der Waals surface area (Å²) in [4.78, 5) is 20.5. The lowest BCUT2D eigenvalue weighted by molar-refractivity contribution is -0.305. The normalized spacial score (nSPS) is 9.42. The van der Waals surface area contributed by atoms with Gasteiger partial charge in [0.1, 0.15) is 0 Å². The monoisotopic (exact) mass is 175 g/mol. The summed E-state index contributed by atoms with van der Waals surface area (Å²) in [6, 6.07) is 0. The van der Waals surface area contributed by atoms with Gasteiger partial charge in [-0.05, 0) is 6.42 Å². The molecule has 0 atom stereocenters. The maximum absolute atomic E-state index is 10.6. The molecule has 0 aliphatic carbocycles. The molecule has 5 heteroatoms. The standard InChI is InChI=1S/C7H12O5/c8-4-1-5-12-7(11)3-2-6(9)10/h8H,1-5H2,(H,9,10)/p-1. The Hall–Kier alpha value is -1.10. The number of carbonyl (C=O) groups excluding carboxylic acids is 2. The lowest BCUT2D eigenvalue weighted by Gasteiger charge is -2.03. The molecule has 0 spiro atoms. The maximum Gasteiger partial charge on any atom is 0.306 e. The van der Waals surface area contributed by atoms with Gasteiger partial charge in [-0.25, -0.2) is 0 Å². The van der Waals surface area contributed by atoms with Crippen LogP contribution in [0.15, 0.2) is 0 Å². The van der Waals surface area contributed by atoms with Crippen molar-refractivity contribution in [2.24, 2.45) is 0 Å². The third-order valence-electron chi connectivity index (χ3n) is 1.10. The Labute approximate surface area is 70.0 Å². The number of ether oxygens (including phenoxy) is 1. The van der Waals surface area contributed by atoms with E-state index in [2.05, 4.69) is 4.74 Å². The van der Waals surface area contributed by atoms with E-state index >= 15 is 0 Å². The molecule has 1 N–H and O–H groups in total. The third kappa shape index (κ3) is 7.01. The van der Waals surface area contributed by atoms with Crippen LogP contribution >= 0.6 is 0 Å². The van der Waals surface area contributed by atoms with Crippen molar-refractivity contribution in [3.63, 3.8) is 0 Å². The van der Waals surface area contributed by atoms with Crippen molar-refractivity contribution in [2.75, 3.05) is 13.2 Å². The number of carboxylic acid groups (broad SMARTS) is 1. The summed E-state index contributed by atoms with van der Waals surface area (Å²) in [6.45, 7) is 0.0795. The van der Waals surface area contributed by atoms with Gasteiger partial charge in [0.2, 0.25) is 0 Å². The van der Waals surface area contributed by atoms with Crippen molar-refractivity contribution in [3.8, 4) is 0 Å². The van der Waals surface area contributed by atoms with E-state index in [9.17, 15) is 14.7 Å². The largest absolute Gasteiger partial charge is 0.550 e. The van der Waals surface area contributed by atoms with E-state index in [0.29, 0.717) is 6.42 Å². The summed E-state index contributed by atoms with van der Waals surface area (Å²) < 4.78 is 4.54. The molecule has 0 aromatic rings. The Morgan fingerprint density at radius 3 is 2.50 bits per heavy atom. The molecule has 0 unspecified atom stereocenters. The van der Waals surface area contributed by atoms with E-state index in [0.717, 1.165) is 0 Å². The molecular formula is C7H11O5-. The average Bonchev–Trinajstić information content (AvgIpc) is 2.01. The molecule has 0 fully saturated rings. The molecule has 0 rings (SSSR count). The van der Waals surface area contributed by atoms with Crippen LogP contribution in [-0.2, 0) is 14.3 Å². The molecular weight excluding hydrogens is 164 g/mol. The summed E-state index contributed by atoms with van der Waals surface area (Å²) in [6.07, 6.45) is -0.122. The van der Waals surface area contributed by atoms with Crippen LogP contribution < -0.4 is 5.11 Å². The molecule has 0 aromatic carbocycles. The van der Waals surface area contributed by atoms with E-state index in [1.165, 1.54) is 0 Å². The summed E-state index contributed by atoms with van der Waals surface area (Å²) in [5.74, 6) is -1.85. The van der Waals surface area contributed by atoms with Crippen LogP contribution in [0.3, 0.4) is 0 Å². The minimum Gasteiger partial charge on any atom is -0.550 e. The zero-order chi connectivity index (χ0) is 9.40. The minimum atomic E-state index is -1.27. The Morgan fingerprint density at radius 1 is 1.33 bits per heavy atom. The number of aliphatic carboxylic acids is 1. The highest BCUT2D eigenvalue weighted by Crippen LogP contribution is 1.92. The quantitative estimate of drug-likeness (QED) is 0.390. The first-order valence-electron chi connectivity index (χ1n) is 3.63. The van der Waals surface area contributed by atoms with Crippen molar-refractivity contribution in [2.45, 2.75) is 19.3 Å². The first-order chi connectivity index (χ1) is 5.66. The van der Waals surface area contributed by atoms with Gasteiger partial charge in [0.15, 0.2) is 0 Å². The van der Waals surface area contributed by atoms with Gasteiger partial charge in [0.05, 0.1) is 13.0 Å². The van der Waals surface area contributed by atoms with Gasteiger partial charge in [-0.2, -0.15) is 0 Å². The van der Waals surface area contributed by atoms with Gasteiger partial charge < -0.3 is 19.7 Å². The second kappa shape index (κ2) is 6.60.